The minimum Gasteiger partial charge on any atom is -0.480 e. The third-order valence-corrected chi connectivity index (χ3v) is 8.57. The van der Waals surface area contributed by atoms with Crippen LogP contribution in [-0.4, -0.2) is 88.0 Å². The summed E-state index contributed by atoms with van der Waals surface area (Å²) in [7, 11) is 1.55. The fourth-order valence-corrected chi connectivity index (χ4v) is 6.44. The Labute approximate surface area is 230 Å². The van der Waals surface area contributed by atoms with Crippen LogP contribution < -0.4 is 15.4 Å². The van der Waals surface area contributed by atoms with Crippen molar-refractivity contribution in [2.75, 3.05) is 38.6 Å². The van der Waals surface area contributed by atoms with E-state index in [9.17, 15) is 9.59 Å². The number of hydrogen-bond donors (Lipinski definition) is 2. The summed E-state index contributed by atoms with van der Waals surface area (Å²) in [4.78, 5) is 42.4. The quantitative estimate of drug-likeness (QED) is 0.556. The monoisotopic (exact) mass is 535 g/mol. The maximum absolute atomic E-state index is 13.0. The van der Waals surface area contributed by atoms with Gasteiger partial charge in [0, 0.05) is 75.2 Å². The lowest BCUT2D eigenvalue weighted by Crippen LogP contribution is -2.53. The molecule has 2 saturated carbocycles. The number of piperazine rings is 1. The number of ether oxygens (including phenoxy) is 1. The van der Waals surface area contributed by atoms with E-state index < -0.39 is 0 Å². The standard InChI is InChI=1S/C29H41N7O3/c1-20(37)32-22-7-5-21(6-8-22)26-13-15-31-29(34-26)33-23-9-11-24(12-10-23)35-16-18-36(19-17-35)28(38)25-4-3-14-30-27(25)39-2/h3-4,13-15,21-24H,5-12,16-19H2,1-2H3,(H,32,37)(H,31,33,34). The van der Waals surface area contributed by atoms with Crippen LogP contribution in [0.1, 0.15) is 80.3 Å². The lowest BCUT2D eigenvalue weighted by atomic mass is 9.84. The molecule has 0 bridgehead atoms. The topological polar surface area (TPSA) is 113 Å². The fourth-order valence-electron chi connectivity index (χ4n) is 6.44. The molecular formula is C29H41N7O3. The number of nitrogens with one attached hydrogen (secondary N) is 2. The van der Waals surface area contributed by atoms with E-state index in [0.717, 1.165) is 89.2 Å². The summed E-state index contributed by atoms with van der Waals surface area (Å²) < 4.78 is 5.28. The van der Waals surface area contributed by atoms with Gasteiger partial charge in [-0.05, 0) is 69.6 Å². The molecule has 39 heavy (non-hydrogen) atoms. The molecule has 0 unspecified atom stereocenters. The van der Waals surface area contributed by atoms with Crippen LogP contribution in [0.25, 0.3) is 0 Å². The average Bonchev–Trinajstić information content (AvgIpc) is 2.97. The third kappa shape index (κ3) is 6.84. The van der Waals surface area contributed by atoms with Crippen LogP contribution in [-0.2, 0) is 4.79 Å². The van der Waals surface area contributed by atoms with Gasteiger partial charge >= 0.3 is 0 Å². The molecule has 2 N–H and O–H groups in total. The number of carbonyl (C=O) groups is 2. The van der Waals surface area contributed by atoms with E-state index in [-0.39, 0.29) is 11.8 Å². The average molecular weight is 536 g/mol. The van der Waals surface area contributed by atoms with Crippen molar-refractivity contribution in [1.82, 2.24) is 30.1 Å². The molecule has 2 aromatic heterocycles. The second-order valence-electron chi connectivity index (χ2n) is 11.1. The first kappa shape index (κ1) is 27.3. The highest BCUT2D eigenvalue weighted by atomic mass is 16.5. The number of carbonyl (C=O) groups excluding carboxylic acids is 2. The second-order valence-corrected chi connectivity index (χ2v) is 11.1. The molecule has 1 aliphatic heterocycles. The zero-order valence-electron chi connectivity index (χ0n) is 23.1. The van der Waals surface area contributed by atoms with Gasteiger partial charge in [0.2, 0.25) is 17.7 Å². The molecule has 2 amide bonds. The first-order valence-corrected chi connectivity index (χ1v) is 14.4. The van der Waals surface area contributed by atoms with Gasteiger partial charge in [-0.25, -0.2) is 15.0 Å². The molecule has 2 aliphatic carbocycles. The van der Waals surface area contributed by atoms with Crippen LogP contribution in [0.4, 0.5) is 5.95 Å². The number of pyridine rings is 1. The van der Waals surface area contributed by atoms with Crippen LogP contribution in [0.3, 0.4) is 0 Å². The first-order chi connectivity index (χ1) is 19.0. The Bertz CT molecular complexity index is 1120. The van der Waals surface area contributed by atoms with E-state index in [0.29, 0.717) is 35.5 Å². The van der Waals surface area contributed by atoms with E-state index in [1.807, 2.05) is 17.2 Å². The predicted molar refractivity (Wildman–Crippen MR) is 149 cm³/mol. The van der Waals surface area contributed by atoms with Crippen LogP contribution in [0.2, 0.25) is 0 Å². The van der Waals surface area contributed by atoms with E-state index >= 15 is 0 Å². The largest absolute Gasteiger partial charge is 0.480 e. The summed E-state index contributed by atoms with van der Waals surface area (Å²) >= 11 is 0. The molecule has 210 valence electrons. The lowest BCUT2D eigenvalue weighted by Gasteiger charge is -2.42. The highest BCUT2D eigenvalue weighted by Gasteiger charge is 2.31. The van der Waals surface area contributed by atoms with Crippen molar-refractivity contribution >= 4 is 17.8 Å². The molecule has 3 fully saturated rings. The molecule has 10 heteroatoms. The Kier molecular flexibility index (Phi) is 8.91. The van der Waals surface area contributed by atoms with E-state index in [1.165, 1.54) is 0 Å². The molecule has 0 atom stereocenters. The van der Waals surface area contributed by atoms with Gasteiger partial charge in [0.25, 0.3) is 5.91 Å². The van der Waals surface area contributed by atoms with E-state index in [1.54, 1.807) is 32.4 Å². The number of amides is 2. The normalized spacial score (nSPS) is 26.1. The van der Waals surface area contributed by atoms with Gasteiger partial charge in [-0.2, -0.15) is 0 Å². The summed E-state index contributed by atoms with van der Waals surface area (Å²) in [6, 6.07) is 6.83. The number of rotatable bonds is 7. The maximum atomic E-state index is 13.0. The zero-order valence-corrected chi connectivity index (χ0v) is 23.1. The van der Waals surface area contributed by atoms with E-state index in [2.05, 4.69) is 25.5 Å². The summed E-state index contributed by atoms with van der Waals surface area (Å²) in [6.45, 7) is 4.83. The molecule has 0 radical (unpaired) electrons. The van der Waals surface area contributed by atoms with Crippen LogP contribution >= 0.6 is 0 Å². The van der Waals surface area contributed by atoms with Gasteiger partial charge in [-0.1, -0.05) is 0 Å². The van der Waals surface area contributed by atoms with Crippen molar-refractivity contribution in [2.24, 2.45) is 0 Å². The van der Waals surface area contributed by atoms with Gasteiger partial charge in [0.15, 0.2) is 0 Å². The molecule has 5 rings (SSSR count). The van der Waals surface area contributed by atoms with Crippen molar-refractivity contribution in [3.63, 3.8) is 0 Å². The summed E-state index contributed by atoms with van der Waals surface area (Å²) in [5.74, 6) is 1.60. The van der Waals surface area contributed by atoms with Crippen molar-refractivity contribution in [3.8, 4) is 5.88 Å². The van der Waals surface area contributed by atoms with Crippen LogP contribution in [0, 0.1) is 0 Å². The molecule has 1 saturated heterocycles. The Hall–Kier alpha value is -3.27. The SMILES string of the molecule is COc1ncccc1C(=O)N1CCN(C2CCC(Nc3nccc(C4CCC(NC(C)=O)CC4)n3)CC2)CC1. The van der Waals surface area contributed by atoms with Crippen molar-refractivity contribution in [1.29, 1.82) is 0 Å². The number of anilines is 1. The zero-order chi connectivity index (χ0) is 27.2. The minimum atomic E-state index is -0.00416. The van der Waals surface area contributed by atoms with Crippen LogP contribution in [0.15, 0.2) is 30.6 Å². The second kappa shape index (κ2) is 12.7. The van der Waals surface area contributed by atoms with Crippen LogP contribution in [0.5, 0.6) is 5.88 Å². The third-order valence-electron chi connectivity index (χ3n) is 8.57. The molecule has 0 spiro atoms. The summed E-state index contributed by atoms with van der Waals surface area (Å²) in [5, 5.41) is 6.65. The number of nitrogens with zero attached hydrogens (tertiary/aromatic N) is 5. The van der Waals surface area contributed by atoms with Gasteiger partial charge < -0.3 is 20.3 Å². The van der Waals surface area contributed by atoms with Gasteiger partial charge in [-0.15, -0.1) is 0 Å². The first-order valence-electron chi connectivity index (χ1n) is 14.4. The highest BCUT2D eigenvalue weighted by molar-refractivity contribution is 5.96. The maximum Gasteiger partial charge on any atom is 0.259 e. The Balaban J connectivity index is 1.06. The predicted octanol–water partition coefficient (Wildman–Crippen LogP) is 3.22. The Morgan fingerprint density at radius 3 is 2.31 bits per heavy atom. The molecule has 0 aromatic carbocycles. The Morgan fingerprint density at radius 2 is 1.62 bits per heavy atom. The minimum absolute atomic E-state index is 0.00416. The molecule has 3 aliphatic rings. The lowest BCUT2D eigenvalue weighted by molar-refractivity contribution is -0.119. The molecular weight excluding hydrogens is 494 g/mol. The summed E-state index contributed by atoms with van der Waals surface area (Å²) in [6.07, 6.45) is 12.0. The van der Waals surface area contributed by atoms with Gasteiger partial charge in [0.05, 0.1) is 7.11 Å². The number of hydrogen-bond acceptors (Lipinski definition) is 8. The van der Waals surface area contributed by atoms with Crippen molar-refractivity contribution < 1.29 is 14.3 Å². The summed E-state index contributed by atoms with van der Waals surface area (Å²) in [5.41, 5.74) is 1.64. The van der Waals surface area contributed by atoms with Gasteiger partial charge in [-0.3, -0.25) is 14.5 Å². The highest BCUT2D eigenvalue weighted by Crippen LogP contribution is 2.32. The number of aromatic nitrogens is 3. The smallest absolute Gasteiger partial charge is 0.259 e. The van der Waals surface area contributed by atoms with E-state index in [4.69, 9.17) is 9.72 Å². The molecule has 10 nitrogen and oxygen atoms in total. The molecule has 3 heterocycles. The Morgan fingerprint density at radius 1 is 0.897 bits per heavy atom. The number of methoxy groups -OCH3 is 1. The van der Waals surface area contributed by atoms with Gasteiger partial charge in [0.1, 0.15) is 5.56 Å². The molecule has 2 aromatic rings. The van der Waals surface area contributed by atoms with Crippen molar-refractivity contribution in [3.05, 3.63) is 41.9 Å². The van der Waals surface area contributed by atoms with Crippen molar-refractivity contribution in [2.45, 2.75) is 82.3 Å². The fraction of sp³-hybridized carbons (Fsp3) is 0.621.